The summed E-state index contributed by atoms with van der Waals surface area (Å²) in [5.41, 5.74) is 21.5. The molecule has 0 saturated carbocycles. The fourth-order valence-corrected chi connectivity index (χ4v) is 13.0. The van der Waals surface area contributed by atoms with Gasteiger partial charge in [0, 0.05) is 71.4 Å². The number of nitriles is 2. The zero-order valence-corrected chi connectivity index (χ0v) is 101. The van der Waals surface area contributed by atoms with Gasteiger partial charge in [0.2, 0.25) is 11.6 Å². The number of phenolic OH excluding ortho intramolecular Hbond substituents is 4. The number of nitrogens with two attached hydrogens (primary N) is 4. The normalized spacial score (nSPS) is 12.6. The van der Waals surface area contributed by atoms with Crippen LogP contribution in [0.1, 0.15) is 129 Å². The first-order valence-corrected chi connectivity index (χ1v) is 47.7. The molecule has 147 heavy (non-hydrogen) atoms. The third kappa shape index (κ3) is 52.9. The van der Waals surface area contributed by atoms with E-state index in [-0.39, 0.29) is 284 Å². The number of terminal acetylenes is 1. The molecule has 790 valence electrons. The predicted octanol–water partition coefficient (Wildman–Crippen LogP) is 17.3. The summed E-state index contributed by atoms with van der Waals surface area (Å²) in [6.45, 7) is -5.34. The van der Waals surface area contributed by atoms with Gasteiger partial charge in [0.25, 0.3) is 18.3 Å². The van der Waals surface area contributed by atoms with E-state index in [4.69, 9.17) is 137 Å². The molecule has 2 aliphatic heterocycles. The van der Waals surface area contributed by atoms with E-state index in [1.54, 1.807) is 72.8 Å². The molecule has 12 N–H and O–H groups in total. The number of benzene rings is 10. The van der Waals surface area contributed by atoms with Crippen LogP contribution in [0.25, 0.3) is 0 Å². The third-order valence-electron chi connectivity index (χ3n) is 17.1. The van der Waals surface area contributed by atoms with Gasteiger partial charge in [-0.1, -0.05) is 200 Å². The molecule has 2 aliphatic rings. The maximum absolute atomic E-state index is 13.3. The molecule has 2 amide bonds. The Bertz CT molecular complexity index is 6010. The average Bonchev–Trinajstić information content (AvgIpc) is 1.56. The molecule has 0 aliphatic carbocycles. The summed E-state index contributed by atoms with van der Waals surface area (Å²) >= 11 is 34.7. The quantitative estimate of drug-likeness (QED) is 0.00209. The van der Waals surface area contributed by atoms with Crippen molar-refractivity contribution in [2.75, 3.05) is 33.1 Å². The van der Waals surface area contributed by atoms with Crippen molar-refractivity contribution in [1.82, 2.24) is 9.80 Å². The fraction of sp³-hybridized carbons (Fsp3) is 0.227. The minimum Gasteiger partial charge on any atom is -1.00 e. The van der Waals surface area contributed by atoms with Gasteiger partial charge in [0.05, 0.1) is 37.8 Å². The maximum atomic E-state index is 13.3. The van der Waals surface area contributed by atoms with Crippen LogP contribution in [0.3, 0.4) is 0 Å². The number of ether oxygens (including phenoxy) is 6. The zero-order valence-electron chi connectivity index (χ0n) is 78.8. The van der Waals surface area contributed by atoms with Crippen molar-refractivity contribution < 1.29 is 282 Å². The standard InChI is InChI=1S/C21H22ClF2N3O3.C17H14ClF2N3O3.C15H9ClF2O4.C15H9ClF2O2.C9H5ClF2O.C6H5IO.C5H11Br.C2H7N3.C2H3N.CHN.CH2O3.2CH4.CH3.2ClH.2Cs.Pd.H/c1-3-4-10-29-15-7-5-6-13(11-15)21(18(28)27(2)20(25)26-21)14-8-9-17(16(22)12-14)30-19(23)24;1-23-14(25)17(22-16(23)21,9-3-2-4-11(24)7-9)10-5-6-13(12(18)8-10)26-15(19)20;16-11-7-9(4-5-12(11)22-15(17)18)14(21)13(20)8-2-1-3-10(19)6-8;16-13-9-11(6-7-14(13)20-15(17)18)5-4-10-2-1-3-12(19)8-10;1-2-6-3-4-8(7(10)5-6)13-9(11)12;7-5-2-1-3-6(8)4-5;1-2-3-4-5-6;1-5-2(3)4;1-2-3;1-2;2-1-4-3;;;;;;;;;/h5-9,11-12,19H,3-4,10H2,1-2H3,(H2,25,26);2-8,15,24H,1H3,(H2,21,22);1-7,15,19H;1-3,6-9,15,19H;1,3-5,9H;1-4,8H;2-5H2,1H3;1H3,(H4,3,4,5);1H3;1H;1,3H;2*1H4;1H3;2*1H;;;;/q;;;;;;;;;;;;;-1;;;2*+1;+2;-1/p-3. The molecule has 12 rings (SSSR count). The predicted molar refractivity (Wildman–Crippen MR) is 548 cm³/mol. The van der Waals surface area contributed by atoms with Crippen LogP contribution in [0.5, 0.6) is 57.5 Å². The molecule has 0 fully saturated rings. The van der Waals surface area contributed by atoms with Gasteiger partial charge in [0.1, 0.15) is 57.5 Å². The number of carbonyl (C=O) groups is 5. The van der Waals surface area contributed by atoms with E-state index in [1.807, 2.05) is 12.1 Å². The van der Waals surface area contributed by atoms with E-state index in [0.29, 0.717) is 57.1 Å². The summed E-state index contributed by atoms with van der Waals surface area (Å²) in [5, 5.41) is 60.4. The first-order chi connectivity index (χ1) is 67.3. The molecule has 0 aromatic heterocycles. The largest absolute Gasteiger partial charge is 1.00 e. The van der Waals surface area contributed by atoms with Crippen LogP contribution in [-0.2, 0) is 46.3 Å². The Morgan fingerprint density at radius 1 is 0.537 bits per heavy atom. The Kier molecular flexibility index (Phi) is 80.4. The summed E-state index contributed by atoms with van der Waals surface area (Å²) in [7, 11) is 14.1. The van der Waals surface area contributed by atoms with E-state index in [1.165, 1.54) is 172 Å². The number of aromatic hydroxyl groups is 4. The van der Waals surface area contributed by atoms with E-state index in [9.17, 15) is 78.4 Å². The monoisotopic (exact) mass is 2700 g/mol. The van der Waals surface area contributed by atoms with Crippen LogP contribution in [0.15, 0.2) is 227 Å². The van der Waals surface area contributed by atoms with Gasteiger partial charge in [0.15, 0.2) is 29.0 Å². The number of ketones is 2. The van der Waals surface area contributed by atoms with Crippen molar-refractivity contribution >= 4 is 163 Å². The molecule has 0 spiro atoms. The van der Waals surface area contributed by atoms with Gasteiger partial charge in [-0.3, -0.25) is 38.8 Å². The molecule has 10 aromatic carbocycles. The smallest absolute Gasteiger partial charge is 1.00 e. The Hall–Kier alpha value is -8.47. The number of hydrogen-bond donors (Lipinski definition) is 8. The van der Waals surface area contributed by atoms with Gasteiger partial charge < -0.3 is 90.8 Å². The van der Waals surface area contributed by atoms with Crippen LogP contribution >= 0.6 is 116 Å². The van der Waals surface area contributed by atoms with Crippen LogP contribution in [0, 0.1) is 58.3 Å². The number of Topliss-reactive ketones (excluding diaryl/α,β-unsaturated/α-hetero) is 2. The van der Waals surface area contributed by atoms with Crippen molar-refractivity contribution in [1.29, 1.82) is 10.5 Å². The van der Waals surface area contributed by atoms with E-state index >= 15 is 0 Å². The van der Waals surface area contributed by atoms with E-state index in [0.717, 1.165) is 40.7 Å². The summed E-state index contributed by atoms with van der Waals surface area (Å²) < 4.78 is 150. The second-order valence-corrected chi connectivity index (χ2v) is 33.1. The number of rotatable bonds is 25. The number of halogens is 19. The Morgan fingerprint density at radius 2 is 0.857 bits per heavy atom. The van der Waals surface area contributed by atoms with Gasteiger partial charge in [-0.25, -0.2) is 15.2 Å². The van der Waals surface area contributed by atoms with Crippen molar-refractivity contribution in [3.63, 3.8) is 0 Å². The molecule has 50 heteroatoms. The second kappa shape index (κ2) is 80.4. The van der Waals surface area contributed by atoms with Crippen LogP contribution in [0.2, 0.25) is 25.1 Å². The molecule has 2 atom stereocenters. The minimum absolute atomic E-state index is 0. The van der Waals surface area contributed by atoms with Crippen molar-refractivity contribution in [2.45, 2.75) is 112 Å². The topological polar surface area (TPSA) is 449 Å². The van der Waals surface area contributed by atoms with Crippen LogP contribution in [-0.4, -0.2) is 144 Å². The van der Waals surface area contributed by atoms with Gasteiger partial charge in [-0.05, 0) is 209 Å². The number of nitrogens with zero attached hydrogens (tertiary/aromatic N) is 7. The minimum atomic E-state index is -3.05. The number of alkyl halides is 11. The summed E-state index contributed by atoms with van der Waals surface area (Å²) in [6.07, 6.45) is 11.0. The zero-order chi connectivity index (χ0) is 108. The first kappa shape index (κ1) is 147. The molecular weight excluding hydrogens is 2610 g/mol. The Balaban J connectivity index is -0.000000397. The number of likely N-dealkylation sites (N-methyl/N-ethyl adjacent to an activating group) is 2. The maximum Gasteiger partial charge on any atom is 1.00 e. The number of unbranched alkanes of at least 4 members (excludes halogenated alkanes) is 3. The molecule has 0 bridgehead atoms. The summed E-state index contributed by atoms with van der Waals surface area (Å²) in [5.74, 6) is 5.43. The summed E-state index contributed by atoms with van der Waals surface area (Å²) in [6, 6.07) is 53.5. The van der Waals surface area contributed by atoms with E-state index in [2.05, 4.69) is 120 Å². The first-order valence-electron chi connectivity index (χ1n) is 39.6. The number of hydrogen-bond acceptors (Lipinski definition) is 24. The van der Waals surface area contributed by atoms with Crippen LogP contribution in [0.4, 0.5) is 43.9 Å². The summed E-state index contributed by atoms with van der Waals surface area (Å²) in [4.78, 5) is 76.1. The number of amides is 2. The van der Waals surface area contributed by atoms with Crippen molar-refractivity contribution in [2.24, 2.45) is 37.9 Å². The molecular formula is C97H99BrCl7Cs2F10IN11O17Pd-. The number of guanidine groups is 3. The molecule has 0 radical (unpaired) electrons. The third-order valence-corrected chi connectivity index (χ3v) is 19.8. The molecule has 2 unspecified atom stereocenters. The number of phenols is 4. The van der Waals surface area contributed by atoms with Gasteiger partial charge >= 0.3 is 206 Å². The number of carbonyl (C=O) groups excluding carboxylic acids is 5. The Morgan fingerprint density at radius 3 is 1.17 bits per heavy atom. The van der Waals surface area contributed by atoms with E-state index < -0.39 is 67.5 Å². The average molecular weight is 2710 g/mol. The van der Waals surface area contributed by atoms with Gasteiger partial charge in [-0.2, -0.15) is 49.2 Å². The van der Waals surface area contributed by atoms with Crippen molar-refractivity contribution in [3.05, 3.63) is 299 Å². The Labute approximate surface area is 1030 Å². The molecule has 2 heterocycles. The number of aliphatic imine (C=N–C) groups is 3. The van der Waals surface area contributed by atoms with Gasteiger partial charge in [-0.15, -0.1) is 6.42 Å². The molecule has 28 nitrogen and oxygen atoms in total. The SMILES string of the molecule is C.C.C#Cc1ccc(OC(F)F)c(Cl)c1.C#N.CC#N.CCCCCBr.CCCCOc1cccc(C2(c3ccc(OC(F)F)c(Cl)c3)N=C(N)N(C)C2=O)c1.CN1C(=O)C(c2cccc(O)c2)(c2ccc(OC(F)F)c(Cl)c2)N=C1N.CN=C(N)N.O=C(C(=O)c1ccc(OC(F)F)c(Cl)c1)c1cccc(O)c1.O=CO[O-].Oc1cccc(C#Cc2ccc(OC(F)F)c(Cl)c2)c1.Oc1cccc(I)c1.[CH3-].[Cl][Pd][Cl].[Cs+].[Cs+].[H-]. The van der Waals surface area contributed by atoms with Crippen LogP contribution < -0.4 is 194 Å². The fourth-order valence-electron chi connectivity index (χ4n) is 10.9. The molecule has 0 saturated heterocycles. The van der Waals surface area contributed by atoms with Crippen molar-refractivity contribution in [3.8, 4) is 94.3 Å². The molecule has 10 aromatic rings. The second-order valence-electron chi connectivity index (χ2n) is 26.6.